The molecule has 1 saturated heterocycles. The van der Waals surface area contributed by atoms with E-state index >= 15 is 0 Å². The maximum atomic E-state index is 9.80. The number of pyridine rings is 1. The zero-order valence-corrected chi connectivity index (χ0v) is 12.0. The zero-order chi connectivity index (χ0) is 13.7. The number of β-amino-alcohol motifs (C(OH)–C–C–N with tert-alkyl or cyclic N) is 1. The lowest BCUT2D eigenvalue weighted by Gasteiger charge is -2.32. The summed E-state index contributed by atoms with van der Waals surface area (Å²) in [6.07, 6.45) is 3.57. The first-order chi connectivity index (χ1) is 9.16. The van der Waals surface area contributed by atoms with Gasteiger partial charge in [-0.05, 0) is 31.4 Å². The number of nitrogens with zero attached hydrogens (tertiary/aromatic N) is 2. The van der Waals surface area contributed by atoms with Crippen molar-refractivity contribution in [3.05, 3.63) is 23.9 Å². The van der Waals surface area contributed by atoms with E-state index < -0.39 is 0 Å². The largest absolute Gasteiger partial charge is 0.391 e. The lowest BCUT2D eigenvalue weighted by molar-refractivity contribution is 0.154. The molecule has 1 unspecified atom stereocenters. The topological polar surface area (TPSA) is 48.4 Å². The van der Waals surface area contributed by atoms with Crippen LogP contribution in [-0.4, -0.2) is 35.8 Å². The van der Waals surface area contributed by atoms with Gasteiger partial charge >= 0.3 is 0 Å². The van der Waals surface area contributed by atoms with Crippen molar-refractivity contribution in [1.29, 1.82) is 0 Å². The van der Waals surface area contributed by atoms with Gasteiger partial charge in [0, 0.05) is 31.4 Å². The Labute approximate surface area is 115 Å². The van der Waals surface area contributed by atoms with Gasteiger partial charge in [0.25, 0.3) is 0 Å². The summed E-state index contributed by atoms with van der Waals surface area (Å²) in [7, 11) is 0. The first-order valence-corrected chi connectivity index (χ1v) is 7.24. The molecule has 0 radical (unpaired) electrons. The highest BCUT2D eigenvalue weighted by molar-refractivity contribution is 5.47. The van der Waals surface area contributed by atoms with Crippen LogP contribution >= 0.6 is 0 Å². The molecule has 106 valence electrons. The van der Waals surface area contributed by atoms with Gasteiger partial charge in [0.05, 0.1) is 6.10 Å². The molecule has 4 heteroatoms. The molecule has 0 saturated carbocycles. The number of hydrogen-bond donors (Lipinski definition) is 2. The van der Waals surface area contributed by atoms with E-state index in [4.69, 9.17) is 0 Å². The molecule has 0 spiro atoms. The van der Waals surface area contributed by atoms with Gasteiger partial charge in [0.2, 0.25) is 0 Å². The lowest BCUT2D eigenvalue weighted by Crippen LogP contribution is -2.39. The maximum absolute atomic E-state index is 9.80. The Morgan fingerprint density at radius 3 is 3.11 bits per heavy atom. The number of aliphatic hydroxyl groups is 1. The van der Waals surface area contributed by atoms with E-state index in [2.05, 4.69) is 35.1 Å². The molecule has 2 rings (SSSR count). The zero-order valence-electron chi connectivity index (χ0n) is 12.0. The Balaban J connectivity index is 2.02. The van der Waals surface area contributed by atoms with Crippen LogP contribution in [0.1, 0.15) is 32.3 Å². The highest BCUT2D eigenvalue weighted by atomic mass is 16.3. The molecule has 2 N–H and O–H groups in total. The fraction of sp³-hybridized carbons (Fsp3) is 0.667. The Bertz CT molecular complexity index is 395. The summed E-state index contributed by atoms with van der Waals surface area (Å²) < 4.78 is 0. The number of aromatic nitrogens is 1. The molecule has 1 atom stereocenters. The third-order valence-corrected chi connectivity index (χ3v) is 3.43. The molecular formula is C15H25N3O. The van der Waals surface area contributed by atoms with E-state index in [0.717, 1.165) is 38.3 Å². The molecule has 1 aliphatic rings. The minimum atomic E-state index is -0.216. The van der Waals surface area contributed by atoms with Crippen LogP contribution in [0.5, 0.6) is 0 Å². The summed E-state index contributed by atoms with van der Waals surface area (Å²) in [5.74, 6) is 1.68. The molecule has 0 aliphatic carbocycles. The average molecular weight is 263 g/mol. The van der Waals surface area contributed by atoms with Crippen molar-refractivity contribution in [2.45, 2.75) is 39.3 Å². The predicted octanol–water partition coefficient (Wildman–Crippen LogP) is 1.79. The van der Waals surface area contributed by atoms with Crippen LogP contribution in [0, 0.1) is 5.92 Å². The van der Waals surface area contributed by atoms with Crippen LogP contribution in [0.2, 0.25) is 0 Å². The Kier molecular flexibility index (Phi) is 5.16. The summed E-state index contributed by atoms with van der Waals surface area (Å²) in [4.78, 5) is 6.72. The monoisotopic (exact) mass is 263 g/mol. The third-order valence-electron chi connectivity index (χ3n) is 3.43. The fourth-order valence-electron chi connectivity index (χ4n) is 2.50. The Hall–Kier alpha value is -1.13. The summed E-state index contributed by atoms with van der Waals surface area (Å²) in [6.45, 7) is 7.96. The Morgan fingerprint density at radius 1 is 1.53 bits per heavy atom. The van der Waals surface area contributed by atoms with E-state index in [-0.39, 0.29) is 6.10 Å². The SMILES string of the molecule is CC(C)CNCc1cccnc1N1CCCC(O)C1. The second-order valence-electron chi connectivity index (χ2n) is 5.75. The van der Waals surface area contributed by atoms with Crippen molar-refractivity contribution in [2.24, 2.45) is 5.92 Å². The molecule has 1 aromatic heterocycles. The molecule has 0 bridgehead atoms. The molecular weight excluding hydrogens is 238 g/mol. The molecule has 1 fully saturated rings. The standard InChI is InChI=1S/C15H25N3O/c1-12(2)9-16-10-13-5-3-7-17-15(13)18-8-4-6-14(19)11-18/h3,5,7,12,14,16,19H,4,6,8-11H2,1-2H3. The highest BCUT2D eigenvalue weighted by Gasteiger charge is 2.20. The molecule has 2 heterocycles. The highest BCUT2D eigenvalue weighted by Crippen LogP contribution is 2.21. The summed E-state index contributed by atoms with van der Waals surface area (Å²) >= 11 is 0. The average Bonchev–Trinajstić information content (AvgIpc) is 2.39. The second kappa shape index (κ2) is 6.87. The van der Waals surface area contributed by atoms with Crippen molar-refractivity contribution in [3.63, 3.8) is 0 Å². The maximum Gasteiger partial charge on any atom is 0.133 e. The molecule has 4 nitrogen and oxygen atoms in total. The van der Waals surface area contributed by atoms with E-state index in [1.165, 1.54) is 5.56 Å². The van der Waals surface area contributed by atoms with Gasteiger partial charge in [-0.25, -0.2) is 4.98 Å². The number of aliphatic hydroxyl groups excluding tert-OH is 1. The van der Waals surface area contributed by atoms with Gasteiger partial charge in [-0.15, -0.1) is 0 Å². The van der Waals surface area contributed by atoms with Gasteiger partial charge in [-0.1, -0.05) is 19.9 Å². The van der Waals surface area contributed by atoms with E-state index in [1.54, 1.807) is 0 Å². The Morgan fingerprint density at radius 2 is 2.37 bits per heavy atom. The van der Waals surface area contributed by atoms with E-state index in [9.17, 15) is 5.11 Å². The van der Waals surface area contributed by atoms with Crippen molar-refractivity contribution in [1.82, 2.24) is 10.3 Å². The number of rotatable bonds is 5. The van der Waals surface area contributed by atoms with Crippen molar-refractivity contribution in [2.75, 3.05) is 24.5 Å². The van der Waals surface area contributed by atoms with Gasteiger partial charge in [0.1, 0.15) is 5.82 Å². The van der Waals surface area contributed by atoms with Crippen molar-refractivity contribution >= 4 is 5.82 Å². The molecule has 0 amide bonds. The van der Waals surface area contributed by atoms with Gasteiger partial charge in [-0.2, -0.15) is 0 Å². The van der Waals surface area contributed by atoms with Gasteiger partial charge in [-0.3, -0.25) is 0 Å². The van der Waals surface area contributed by atoms with Crippen LogP contribution in [0.15, 0.2) is 18.3 Å². The van der Waals surface area contributed by atoms with Crippen LogP contribution in [0.4, 0.5) is 5.82 Å². The van der Waals surface area contributed by atoms with E-state index in [1.807, 2.05) is 12.3 Å². The van der Waals surface area contributed by atoms with Crippen LogP contribution in [-0.2, 0) is 6.54 Å². The normalized spacial score (nSPS) is 20.0. The quantitative estimate of drug-likeness (QED) is 0.850. The smallest absolute Gasteiger partial charge is 0.133 e. The summed E-state index contributed by atoms with van der Waals surface area (Å²) in [5.41, 5.74) is 1.22. The van der Waals surface area contributed by atoms with Gasteiger partial charge < -0.3 is 15.3 Å². The molecule has 1 aromatic rings. The first kappa shape index (κ1) is 14.3. The van der Waals surface area contributed by atoms with Crippen LogP contribution in [0.25, 0.3) is 0 Å². The van der Waals surface area contributed by atoms with E-state index in [0.29, 0.717) is 12.5 Å². The number of nitrogens with one attached hydrogen (secondary N) is 1. The third kappa shape index (κ3) is 4.18. The summed E-state index contributed by atoms with van der Waals surface area (Å²) in [6, 6.07) is 4.10. The number of hydrogen-bond acceptors (Lipinski definition) is 4. The molecule has 0 aromatic carbocycles. The predicted molar refractivity (Wildman–Crippen MR) is 78.2 cm³/mol. The fourth-order valence-corrected chi connectivity index (χ4v) is 2.50. The second-order valence-corrected chi connectivity index (χ2v) is 5.75. The molecule has 19 heavy (non-hydrogen) atoms. The first-order valence-electron chi connectivity index (χ1n) is 7.24. The number of anilines is 1. The molecule has 1 aliphatic heterocycles. The van der Waals surface area contributed by atoms with Crippen LogP contribution in [0.3, 0.4) is 0 Å². The van der Waals surface area contributed by atoms with Crippen molar-refractivity contribution in [3.8, 4) is 0 Å². The minimum Gasteiger partial charge on any atom is -0.391 e. The van der Waals surface area contributed by atoms with Crippen LogP contribution < -0.4 is 10.2 Å². The van der Waals surface area contributed by atoms with Crippen molar-refractivity contribution < 1.29 is 5.11 Å². The lowest BCUT2D eigenvalue weighted by atomic mass is 10.1. The number of piperidine rings is 1. The minimum absolute atomic E-state index is 0.216. The summed E-state index contributed by atoms with van der Waals surface area (Å²) in [5, 5.41) is 13.3. The van der Waals surface area contributed by atoms with Gasteiger partial charge in [0.15, 0.2) is 0 Å².